The Morgan fingerprint density at radius 1 is 1.00 bits per heavy atom. The second kappa shape index (κ2) is 7.46. The maximum Gasteiger partial charge on any atom is 0.243 e. The van der Waals surface area contributed by atoms with Gasteiger partial charge >= 0.3 is 0 Å². The molecule has 5 nitrogen and oxygen atoms in total. The lowest BCUT2D eigenvalue weighted by molar-refractivity contribution is 0.136. The van der Waals surface area contributed by atoms with Crippen LogP contribution in [0.4, 0.5) is 0 Å². The second-order valence-electron chi connectivity index (χ2n) is 6.51. The first-order chi connectivity index (χ1) is 13.0. The Labute approximate surface area is 163 Å². The summed E-state index contributed by atoms with van der Waals surface area (Å²) in [7, 11) is -3.50. The van der Waals surface area contributed by atoms with Crippen LogP contribution in [0.3, 0.4) is 0 Å². The molecule has 0 unspecified atom stereocenters. The summed E-state index contributed by atoms with van der Waals surface area (Å²) in [5.41, 5.74) is 0.830. The van der Waals surface area contributed by atoms with E-state index >= 15 is 0 Å². The van der Waals surface area contributed by atoms with Gasteiger partial charge in [0.25, 0.3) is 0 Å². The summed E-state index contributed by atoms with van der Waals surface area (Å²) in [6.07, 6.45) is 2.98. The number of aromatic nitrogens is 1. The number of fused-ring (bicyclic) bond motifs is 1. The van der Waals surface area contributed by atoms with Gasteiger partial charge < -0.3 is 4.74 Å². The fourth-order valence-corrected chi connectivity index (χ4v) is 4.89. The van der Waals surface area contributed by atoms with Gasteiger partial charge in [-0.1, -0.05) is 29.8 Å². The number of piperidine rings is 1. The summed E-state index contributed by atoms with van der Waals surface area (Å²) in [6.45, 7) is 0.849. The lowest BCUT2D eigenvalue weighted by atomic mass is 10.1. The number of rotatable bonds is 4. The van der Waals surface area contributed by atoms with E-state index in [1.807, 2.05) is 30.3 Å². The van der Waals surface area contributed by atoms with Crippen molar-refractivity contribution in [3.63, 3.8) is 0 Å². The average molecular weight is 403 g/mol. The molecule has 1 saturated heterocycles. The van der Waals surface area contributed by atoms with Gasteiger partial charge in [0, 0.05) is 29.7 Å². The molecule has 2 aromatic carbocycles. The number of ether oxygens (including phenoxy) is 1. The molecule has 2 heterocycles. The number of para-hydroxylation sites is 1. The van der Waals surface area contributed by atoms with E-state index in [0.29, 0.717) is 31.0 Å². The Kier molecular flexibility index (Phi) is 5.04. The zero-order chi connectivity index (χ0) is 18.9. The summed E-state index contributed by atoms with van der Waals surface area (Å²) in [5.74, 6) is 0.743. The molecule has 1 aromatic heterocycles. The minimum absolute atomic E-state index is 0.0331. The van der Waals surface area contributed by atoms with Gasteiger partial charge in [-0.3, -0.25) is 4.98 Å². The third-order valence-corrected chi connectivity index (χ3v) is 6.91. The summed E-state index contributed by atoms with van der Waals surface area (Å²) < 4.78 is 33.2. The number of pyridine rings is 1. The van der Waals surface area contributed by atoms with Crippen LogP contribution in [0, 0.1) is 0 Å². The van der Waals surface area contributed by atoms with Crippen LogP contribution in [0.1, 0.15) is 12.8 Å². The molecule has 1 aliphatic heterocycles. The van der Waals surface area contributed by atoms with E-state index in [0.717, 1.165) is 16.7 Å². The number of sulfonamides is 1. The van der Waals surface area contributed by atoms with Crippen molar-refractivity contribution < 1.29 is 13.2 Å². The molecule has 0 N–H and O–H groups in total. The van der Waals surface area contributed by atoms with E-state index < -0.39 is 10.0 Å². The normalized spacial score (nSPS) is 16.5. The quantitative estimate of drug-likeness (QED) is 0.658. The van der Waals surface area contributed by atoms with E-state index in [1.165, 1.54) is 4.31 Å². The van der Waals surface area contributed by atoms with Crippen molar-refractivity contribution in [3.05, 3.63) is 65.8 Å². The van der Waals surface area contributed by atoms with Crippen LogP contribution in [0.15, 0.2) is 65.7 Å². The van der Waals surface area contributed by atoms with E-state index in [-0.39, 0.29) is 11.0 Å². The van der Waals surface area contributed by atoms with Crippen LogP contribution in [-0.2, 0) is 10.0 Å². The largest absolute Gasteiger partial charge is 0.488 e. The van der Waals surface area contributed by atoms with Gasteiger partial charge in [0.2, 0.25) is 10.0 Å². The predicted octanol–water partition coefficient (Wildman–Crippen LogP) is 4.12. The van der Waals surface area contributed by atoms with Crippen molar-refractivity contribution in [2.24, 2.45) is 0 Å². The van der Waals surface area contributed by atoms with Crippen LogP contribution >= 0.6 is 11.6 Å². The highest BCUT2D eigenvalue weighted by molar-refractivity contribution is 7.89. The van der Waals surface area contributed by atoms with E-state index in [9.17, 15) is 8.42 Å². The number of nitrogens with zero attached hydrogens (tertiary/aromatic N) is 2. The minimum atomic E-state index is -3.50. The topological polar surface area (TPSA) is 59.5 Å². The molecule has 0 radical (unpaired) electrons. The highest BCUT2D eigenvalue weighted by Gasteiger charge is 2.30. The zero-order valence-corrected chi connectivity index (χ0v) is 16.2. The van der Waals surface area contributed by atoms with E-state index in [2.05, 4.69) is 4.98 Å². The number of hydrogen-bond donors (Lipinski definition) is 0. The lowest BCUT2D eigenvalue weighted by Gasteiger charge is -2.31. The van der Waals surface area contributed by atoms with Crippen LogP contribution < -0.4 is 4.74 Å². The van der Waals surface area contributed by atoms with Crippen molar-refractivity contribution in [1.82, 2.24) is 9.29 Å². The number of halogens is 1. The standard InChI is InChI=1S/C20H19ClN2O3S/c21-16-6-8-18(9-7-16)27(24,25)23-13-10-17(11-14-23)26-19-5-1-3-15-4-2-12-22-20(15)19/h1-9,12,17H,10-11,13-14H2. The van der Waals surface area contributed by atoms with Gasteiger partial charge in [-0.25, -0.2) is 8.42 Å². The average Bonchev–Trinajstić information content (AvgIpc) is 2.69. The maximum absolute atomic E-state index is 12.8. The fraction of sp³-hybridized carbons (Fsp3) is 0.250. The molecule has 0 amide bonds. The van der Waals surface area contributed by atoms with Gasteiger partial charge in [0.1, 0.15) is 17.4 Å². The summed E-state index contributed by atoms with van der Waals surface area (Å²) in [6, 6.07) is 16.0. The third kappa shape index (κ3) is 3.78. The molecular weight excluding hydrogens is 384 g/mol. The van der Waals surface area contributed by atoms with Crippen molar-refractivity contribution in [2.45, 2.75) is 23.8 Å². The van der Waals surface area contributed by atoms with Gasteiger partial charge in [-0.15, -0.1) is 0 Å². The van der Waals surface area contributed by atoms with Crippen molar-refractivity contribution in [1.29, 1.82) is 0 Å². The molecule has 1 fully saturated rings. The molecule has 3 aromatic rings. The predicted molar refractivity (Wildman–Crippen MR) is 106 cm³/mol. The molecule has 140 valence electrons. The lowest BCUT2D eigenvalue weighted by Crippen LogP contribution is -2.41. The monoisotopic (exact) mass is 402 g/mol. The third-order valence-electron chi connectivity index (χ3n) is 4.74. The molecular formula is C20H19ClN2O3S. The summed E-state index contributed by atoms with van der Waals surface area (Å²) in [4.78, 5) is 4.67. The molecule has 0 spiro atoms. The highest BCUT2D eigenvalue weighted by Crippen LogP contribution is 2.28. The van der Waals surface area contributed by atoms with Crippen molar-refractivity contribution in [3.8, 4) is 5.75 Å². The zero-order valence-electron chi connectivity index (χ0n) is 14.6. The number of benzene rings is 2. The first-order valence-corrected chi connectivity index (χ1v) is 10.6. The molecule has 4 rings (SSSR count). The second-order valence-corrected chi connectivity index (χ2v) is 8.88. The van der Waals surface area contributed by atoms with Gasteiger partial charge in [-0.05, 0) is 49.2 Å². The Bertz CT molecular complexity index is 1040. The van der Waals surface area contributed by atoms with Crippen LogP contribution in [0.5, 0.6) is 5.75 Å². The first-order valence-electron chi connectivity index (χ1n) is 8.80. The molecule has 0 aliphatic carbocycles. The number of hydrogen-bond acceptors (Lipinski definition) is 4. The highest BCUT2D eigenvalue weighted by atomic mass is 35.5. The van der Waals surface area contributed by atoms with Crippen LogP contribution in [0.25, 0.3) is 10.9 Å². The Balaban J connectivity index is 1.45. The minimum Gasteiger partial charge on any atom is -0.488 e. The molecule has 0 saturated carbocycles. The van der Waals surface area contributed by atoms with Gasteiger partial charge in [0.05, 0.1) is 4.90 Å². The Morgan fingerprint density at radius 2 is 1.70 bits per heavy atom. The molecule has 27 heavy (non-hydrogen) atoms. The van der Waals surface area contributed by atoms with Crippen molar-refractivity contribution >= 4 is 32.5 Å². The molecule has 0 bridgehead atoms. The maximum atomic E-state index is 12.8. The van der Waals surface area contributed by atoms with Crippen molar-refractivity contribution in [2.75, 3.05) is 13.1 Å². The van der Waals surface area contributed by atoms with Gasteiger partial charge in [-0.2, -0.15) is 4.31 Å². The Hall–Kier alpha value is -2.15. The smallest absolute Gasteiger partial charge is 0.243 e. The van der Waals surface area contributed by atoms with E-state index in [1.54, 1.807) is 30.5 Å². The van der Waals surface area contributed by atoms with E-state index in [4.69, 9.17) is 16.3 Å². The van der Waals surface area contributed by atoms with Gasteiger partial charge in [0.15, 0.2) is 0 Å². The first kappa shape index (κ1) is 18.2. The SMILES string of the molecule is O=S(=O)(c1ccc(Cl)cc1)N1CCC(Oc2cccc3cccnc23)CC1. The van der Waals surface area contributed by atoms with Crippen LogP contribution in [0.2, 0.25) is 5.02 Å². The molecule has 7 heteroatoms. The van der Waals surface area contributed by atoms with Crippen LogP contribution in [-0.4, -0.2) is 36.9 Å². The fourth-order valence-electron chi connectivity index (χ4n) is 3.30. The molecule has 1 aliphatic rings. The summed E-state index contributed by atoms with van der Waals surface area (Å²) >= 11 is 5.86. The Morgan fingerprint density at radius 3 is 2.44 bits per heavy atom. The molecule has 0 atom stereocenters. The summed E-state index contributed by atoms with van der Waals surface area (Å²) in [5, 5.41) is 1.54.